The summed E-state index contributed by atoms with van der Waals surface area (Å²) in [4.78, 5) is 5.75. The lowest BCUT2D eigenvalue weighted by molar-refractivity contribution is 0.867. The van der Waals surface area contributed by atoms with Gasteiger partial charge in [-0.05, 0) is 30.9 Å². The van der Waals surface area contributed by atoms with Crippen LogP contribution in [0.4, 0.5) is 0 Å². The topological polar surface area (TPSA) is 36.4 Å². The highest BCUT2D eigenvalue weighted by Crippen LogP contribution is 2.16. The third-order valence-electron chi connectivity index (χ3n) is 2.05. The molecule has 86 valence electrons. The second-order valence-electron chi connectivity index (χ2n) is 3.28. The predicted octanol–water partition coefficient (Wildman–Crippen LogP) is 1.74. The molecule has 2 N–H and O–H groups in total. The van der Waals surface area contributed by atoms with Crippen molar-refractivity contribution < 1.29 is 0 Å². The molecular weight excluding hydrogens is 218 g/mol. The highest BCUT2D eigenvalue weighted by atomic mass is 32.1. The summed E-state index contributed by atoms with van der Waals surface area (Å²) in [5.74, 6) is 3.30. The molecule has 1 aromatic rings. The van der Waals surface area contributed by atoms with Crippen molar-refractivity contribution in [3.8, 4) is 12.3 Å². The number of hydrogen-bond donors (Lipinski definition) is 2. The van der Waals surface area contributed by atoms with E-state index in [4.69, 9.17) is 6.42 Å². The fourth-order valence-corrected chi connectivity index (χ4v) is 2.02. The van der Waals surface area contributed by atoms with Gasteiger partial charge in [0.1, 0.15) is 0 Å². The Bertz CT molecular complexity index is 387. The van der Waals surface area contributed by atoms with E-state index in [0.717, 1.165) is 12.5 Å². The maximum atomic E-state index is 5.19. The molecule has 1 aromatic heterocycles. The minimum Gasteiger partial charge on any atom is -0.357 e. The maximum absolute atomic E-state index is 5.19. The smallest absolute Gasteiger partial charge is 0.192 e. The van der Waals surface area contributed by atoms with Crippen molar-refractivity contribution in [3.05, 3.63) is 21.9 Å². The summed E-state index contributed by atoms with van der Waals surface area (Å²) < 4.78 is 0. The average Bonchev–Trinajstić information content (AvgIpc) is 2.68. The standard InChI is InChI=1S/C12H17N3S/c1-4-7-14-12(13-5-2)15-9-11-10(3)6-8-16-11/h1,6,8H,5,7,9H2,2-3H3,(H2,13,14,15). The van der Waals surface area contributed by atoms with Crippen molar-refractivity contribution in [1.82, 2.24) is 10.6 Å². The zero-order valence-corrected chi connectivity index (χ0v) is 10.5. The lowest BCUT2D eigenvalue weighted by Crippen LogP contribution is -2.37. The van der Waals surface area contributed by atoms with Crippen LogP contribution in [0.3, 0.4) is 0 Å². The quantitative estimate of drug-likeness (QED) is 0.474. The zero-order valence-electron chi connectivity index (χ0n) is 9.71. The van der Waals surface area contributed by atoms with Crippen LogP contribution in [0.15, 0.2) is 16.4 Å². The van der Waals surface area contributed by atoms with Gasteiger partial charge in [-0.2, -0.15) is 0 Å². The fourth-order valence-electron chi connectivity index (χ4n) is 1.19. The lowest BCUT2D eigenvalue weighted by atomic mass is 10.3. The van der Waals surface area contributed by atoms with E-state index in [9.17, 15) is 0 Å². The van der Waals surface area contributed by atoms with Gasteiger partial charge >= 0.3 is 0 Å². The summed E-state index contributed by atoms with van der Waals surface area (Å²) in [7, 11) is 0. The number of nitrogens with one attached hydrogen (secondary N) is 2. The Morgan fingerprint density at radius 2 is 2.38 bits per heavy atom. The Kier molecular flexibility index (Phi) is 5.44. The molecular formula is C12H17N3S. The van der Waals surface area contributed by atoms with Crippen LogP contribution < -0.4 is 10.6 Å². The van der Waals surface area contributed by atoms with Gasteiger partial charge in [0.2, 0.25) is 0 Å². The van der Waals surface area contributed by atoms with Gasteiger partial charge in [-0.25, -0.2) is 4.99 Å². The number of aryl methyl sites for hydroxylation is 1. The Balaban J connectivity index is 2.57. The molecule has 0 aliphatic carbocycles. The van der Waals surface area contributed by atoms with Crippen LogP contribution in [0.5, 0.6) is 0 Å². The van der Waals surface area contributed by atoms with E-state index >= 15 is 0 Å². The molecule has 0 aromatic carbocycles. The van der Waals surface area contributed by atoms with Crippen molar-refractivity contribution in [1.29, 1.82) is 0 Å². The molecule has 16 heavy (non-hydrogen) atoms. The predicted molar refractivity (Wildman–Crippen MR) is 70.7 cm³/mol. The van der Waals surface area contributed by atoms with E-state index in [2.05, 4.69) is 39.9 Å². The Hall–Kier alpha value is -1.47. The molecule has 0 radical (unpaired) electrons. The van der Waals surface area contributed by atoms with Gasteiger partial charge in [0.05, 0.1) is 13.1 Å². The zero-order chi connectivity index (χ0) is 11.8. The van der Waals surface area contributed by atoms with E-state index in [1.807, 2.05) is 6.92 Å². The van der Waals surface area contributed by atoms with Gasteiger partial charge in [-0.1, -0.05) is 5.92 Å². The van der Waals surface area contributed by atoms with Crippen molar-refractivity contribution in [2.75, 3.05) is 13.1 Å². The number of rotatable bonds is 4. The number of guanidine groups is 1. The van der Waals surface area contributed by atoms with Crippen LogP contribution in [0.25, 0.3) is 0 Å². The first-order chi connectivity index (χ1) is 7.77. The maximum Gasteiger partial charge on any atom is 0.192 e. The van der Waals surface area contributed by atoms with Crippen molar-refractivity contribution in [2.24, 2.45) is 4.99 Å². The normalized spacial score (nSPS) is 10.9. The summed E-state index contributed by atoms with van der Waals surface area (Å²) in [6, 6.07) is 2.11. The molecule has 3 nitrogen and oxygen atoms in total. The van der Waals surface area contributed by atoms with E-state index in [0.29, 0.717) is 13.1 Å². The van der Waals surface area contributed by atoms with Crippen LogP contribution >= 0.6 is 11.3 Å². The molecule has 0 saturated heterocycles. The summed E-state index contributed by atoms with van der Waals surface area (Å²) >= 11 is 1.73. The number of thiophene rings is 1. The SMILES string of the molecule is C#CCNC(=NCc1sccc1C)NCC. The highest BCUT2D eigenvalue weighted by Gasteiger charge is 1.99. The van der Waals surface area contributed by atoms with E-state index < -0.39 is 0 Å². The Morgan fingerprint density at radius 3 is 2.94 bits per heavy atom. The molecule has 4 heteroatoms. The highest BCUT2D eigenvalue weighted by molar-refractivity contribution is 7.10. The second kappa shape index (κ2) is 6.91. The Morgan fingerprint density at radius 1 is 1.56 bits per heavy atom. The number of terminal acetylenes is 1. The monoisotopic (exact) mass is 235 g/mol. The molecule has 0 bridgehead atoms. The van der Waals surface area contributed by atoms with Crippen LogP contribution in [0, 0.1) is 19.3 Å². The van der Waals surface area contributed by atoms with Crippen molar-refractivity contribution in [2.45, 2.75) is 20.4 Å². The minimum absolute atomic E-state index is 0.495. The molecule has 0 unspecified atom stereocenters. The molecule has 0 saturated carbocycles. The molecule has 1 rings (SSSR count). The second-order valence-corrected chi connectivity index (χ2v) is 4.28. The number of hydrogen-bond acceptors (Lipinski definition) is 2. The largest absolute Gasteiger partial charge is 0.357 e. The Labute approximate surface area is 101 Å². The van der Waals surface area contributed by atoms with Crippen molar-refractivity contribution >= 4 is 17.3 Å². The number of nitrogens with zero attached hydrogens (tertiary/aromatic N) is 1. The van der Waals surface area contributed by atoms with Gasteiger partial charge in [-0.15, -0.1) is 17.8 Å². The van der Waals surface area contributed by atoms with Gasteiger partial charge < -0.3 is 10.6 Å². The lowest BCUT2D eigenvalue weighted by Gasteiger charge is -2.08. The molecule has 0 amide bonds. The van der Waals surface area contributed by atoms with Gasteiger partial charge in [0, 0.05) is 11.4 Å². The van der Waals surface area contributed by atoms with E-state index in [1.54, 1.807) is 11.3 Å². The van der Waals surface area contributed by atoms with Gasteiger partial charge in [-0.3, -0.25) is 0 Å². The average molecular weight is 235 g/mol. The molecule has 0 spiro atoms. The van der Waals surface area contributed by atoms with Crippen LogP contribution in [0.2, 0.25) is 0 Å². The number of aliphatic imine (C=N–C) groups is 1. The summed E-state index contributed by atoms with van der Waals surface area (Å²) in [6.07, 6.45) is 5.19. The van der Waals surface area contributed by atoms with Gasteiger partial charge in [0.25, 0.3) is 0 Å². The summed E-state index contributed by atoms with van der Waals surface area (Å²) in [5, 5.41) is 8.29. The molecule has 0 aliphatic rings. The summed E-state index contributed by atoms with van der Waals surface area (Å²) in [6.45, 7) is 6.16. The first-order valence-corrected chi connectivity index (χ1v) is 6.14. The first kappa shape index (κ1) is 12.6. The van der Waals surface area contributed by atoms with E-state index in [1.165, 1.54) is 10.4 Å². The molecule has 0 atom stereocenters. The van der Waals surface area contributed by atoms with E-state index in [-0.39, 0.29) is 0 Å². The summed E-state index contributed by atoms with van der Waals surface area (Å²) in [5.41, 5.74) is 1.29. The third-order valence-corrected chi connectivity index (χ3v) is 3.06. The fraction of sp³-hybridized carbons (Fsp3) is 0.417. The molecule has 0 fully saturated rings. The van der Waals surface area contributed by atoms with Crippen LogP contribution in [-0.4, -0.2) is 19.0 Å². The van der Waals surface area contributed by atoms with Crippen molar-refractivity contribution in [3.63, 3.8) is 0 Å². The van der Waals surface area contributed by atoms with Gasteiger partial charge in [0.15, 0.2) is 5.96 Å². The molecule has 0 aliphatic heterocycles. The third kappa shape index (κ3) is 3.95. The van der Waals surface area contributed by atoms with Crippen LogP contribution in [0.1, 0.15) is 17.4 Å². The first-order valence-electron chi connectivity index (χ1n) is 5.26. The minimum atomic E-state index is 0.495. The molecule has 1 heterocycles. The van der Waals surface area contributed by atoms with Crippen LogP contribution in [-0.2, 0) is 6.54 Å².